The fourth-order valence-corrected chi connectivity index (χ4v) is 3.78. The highest BCUT2D eigenvalue weighted by Crippen LogP contribution is 2.21. The summed E-state index contributed by atoms with van der Waals surface area (Å²) in [5.74, 6) is -0.983. The number of fused-ring (bicyclic) bond motifs is 1. The Morgan fingerprint density at radius 1 is 0.522 bits per heavy atom. The summed E-state index contributed by atoms with van der Waals surface area (Å²) < 4.78 is 53.8. The first-order valence-corrected chi connectivity index (χ1v) is 15.5. The molecule has 46 heavy (non-hydrogen) atoms. The third kappa shape index (κ3) is 17.8. The van der Waals surface area contributed by atoms with Crippen molar-refractivity contribution in [2.75, 3.05) is 132 Å². The maximum atomic E-state index is 12.3. The minimum absolute atomic E-state index is 0.191. The van der Waals surface area contributed by atoms with E-state index >= 15 is 0 Å². The van der Waals surface area contributed by atoms with Gasteiger partial charge in [-0.15, -0.1) is 0 Å². The van der Waals surface area contributed by atoms with Gasteiger partial charge < -0.3 is 47.4 Å². The van der Waals surface area contributed by atoms with Gasteiger partial charge in [-0.1, -0.05) is 18.7 Å². The second-order valence-electron chi connectivity index (χ2n) is 9.74. The molecular formula is C32H49NO13. The lowest BCUT2D eigenvalue weighted by Crippen LogP contribution is -2.33. The van der Waals surface area contributed by atoms with E-state index in [1.54, 1.807) is 31.2 Å². The van der Waals surface area contributed by atoms with Crippen LogP contribution in [0.5, 0.6) is 0 Å². The molecule has 0 spiro atoms. The molecule has 0 bridgehead atoms. The van der Waals surface area contributed by atoms with Crippen LogP contribution in [0.3, 0.4) is 0 Å². The largest absolute Gasteiger partial charge is 0.460 e. The summed E-state index contributed by atoms with van der Waals surface area (Å²) in [6.45, 7) is 13.2. The summed E-state index contributed by atoms with van der Waals surface area (Å²) in [4.78, 5) is 37.0. The molecule has 0 saturated carbocycles. The number of ether oxygens (including phenoxy) is 10. The minimum atomic E-state index is -0.419. The zero-order valence-corrected chi connectivity index (χ0v) is 26.9. The smallest absolute Gasteiger partial charge is 0.333 e. The second-order valence-corrected chi connectivity index (χ2v) is 9.74. The molecule has 2 amide bonds. The SMILES string of the molecule is C=C(C)C(=O)OCCOCCOCCOCCOCCOCCOCCOCCOCCOCCN1C(=O)c2ccccc2C1=O. The summed E-state index contributed by atoms with van der Waals surface area (Å²) in [7, 11) is 0. The lowest BCUT2D eigenvalue weighted by Gasteiger charge is -2.13. The van der Waals surface area contributed by atoms with Gasteiger partial charge in [0.05, 0.1) is 137 Å². The minimum Gasteiger partial charge on any atom is -0.460 e. The first-order chi connectivity index (χ1) is 22.5. The van der Waals surface area contributed by atoms with Crippen LogP contribution in [0, 0.1) is 0 Å². The van der Waals surface area contributed by atoms with Gasteiger partial charge in [-0.05, 0) is 19.1 Å². The van der Waals surface area contributed by atoms with Crippen LogP contribution in [0.1, 0.15) is 27.6 Å². The number of imide groups is 1. The van der Waals surface area contributed by atoms with Crippen LogP contribution in [0.15, 0.2) is 36.4 Å². The van der Waals surface area contributed by atoms with Crippen molar-refractivity contribution in [3.63, 3.8) is 0 Å². The molecular weight excluding hydrogens is 606 g/mol. The third-order valence-electron chi connectivity index (χ3n) is 6.12. The van der Waals surface area contributed by atoms with E-state index in [1.165, 1.54) is 4.90 Å². The molecule has 0 fully saturated rings. The quantitative estimate of drug-likeness (QED) is 0.0494. The predicted molar refractivity (Wildman–Crippen MR) is 165 cm³/mol. The topological polar surface area (TPSA) is 147 Å². The number of benzene rings is 1. The lowest BCUT2D eigenvalue weighted by atomic mass is 10.1. The van der Waals surface area contributed by atoms with Crippen molar-refractivity contribution in [2.24, 2.45) is 0 Å². The van der Waals surface area contributed by atoms with Gasteiger partial charge in [-0.2, -0.15) is 0 Å². The molecule has 1 heterocycles. The summed E-state index contributed by atoms with van der Waals surface area (Å²) in [6.07, 6.45) is 0. The van der Waals surface area contributed by atoms with E-state index in [0.717, 1.165) is 0 Å². The Bertz CT molecular complexity index is 971. The van der Waals surface area contributed by atoms with Crippen LogP contribution in [0.4, 0.5) is 0 Å². The van der Waals surface area contributed by atoms with E-state index in [4.69, 9.17) is 47.4 Å². The van der Waals surface area contributed by atoms with Gasteiger partial charge in [0.2, 0.25) is 0 Å². The van der Waals surface area contributed by atoms with E-state index in [0.29, 0.717) is 129 Å². The molecule has 0 unspecified atom stereocenters. The Morgan fingerprint density at radius 2 is 0.804 bits per heavy atom. The molecule has 0 atom stereocenters. The molecule has 0 radical (unpaired) electrons. The summed E-state index contributed by atoms with van der Waals surface area (Å²) in [6, 6.07) is 6.80. The molecule has 0 aromatic heterocycles. The number of carbonyl (C=O) groups excluding carboxylic acids is 3. The fourth-order valence-electron chi connectivity index (χ4n) is 3.78. The molecule has 0 N–H and O–H groups in total. The molecule has 1 aromatic rings. The van der Waals surface area contributed by atoms with Gasteiger partial charge in [-0.25, -0.2) is 4.79 Å². The highest BCUT2D eigenvalue weighted by Gasteiger charge is 2.34. The van der Waals surface area contributed by atoms with Gasteiger partial charge in [0, 0.05) is 5.57 Å². The van der Waals surface area contributed by atoms with Crippen molar-refractivity contribution in [1.82, 2.24) is 4.90 Å². The highest BCUT2D eigenvalue weighted by atomic mass is 16.6. The number of rotatable bonds is 31. The first-order valence-electron chi connectivity index (χ1n) is 15.5. The number of esters is 1. The van der Waals surface area contributed by atoms with Crippen molar-refractivity contribution in [1.29, 1.82) is 0 Å². The average molecular weight is 656 g/mol. The number of hydrogen-bond acceptors (Lipinski definition) is 13. The maximum absolute atomic E-state index is 12.3. The number of carbonyl (C=O) groups is 3. The van der Waals surface area contributed by atoms with Crippen molar-refractivity contribution < 1.29 is 61.8 Å². The molecule has 1 aliphatic rings. The van der Waals surface area contributed by atoms with Crippen LogP contribution < -0.4 is 0 Å². The maximum Gasteiger partial charge on any atom is 0.333 e. The number of amides is 2. The van der Waals surface area contributed by atoms with E-state index in [1.807, 2.05) is 0 Å². The molecule has 0 aliphatic carbocycles. The van der Waals surface area contributed by atoms with E-state index in [9.17, 15) is 14.4 Å². The van der Waals surface area contributed by atoms with Crippen LogP contribution in [-0.2, 0) is 52.2 Å². The van der Waals surface area contributed by atoms with Crippen molar-refractivity contribution >= 4 is 17.8 Å². The molecule has 0 saturated heterocycles. The van der Waals surface area contributed by atoms with Crippen molar-refractivity contribution in [3.05, 3.63) is 47.5 Å². The van der Waals surface area contributed by atoms with Crippen molar-refractivity contribution in [2.45, 2.75) is 6.92 Å². The monoisotopic (exact) mass is 655 g/mol. The molecule has 2 rings (SSSR count). The highest BCUT2D eigenvalue weighted by molar-refractivity contribution is 6.21. The number of hydrogen-bond donors (Lipinski definition) is 0. The molecule has 1 aromatic carbocycles. The Hall–Kier alpha value is -2.79. The van der Waals surface area contributed by atoms with Crippen molar-refractivity contribution in [3.8, 4) is 0 Å². The van der Waals surface area contributed by atoms with Gasteiger partial charge in [0.15, 0.2) is 0 Å². The summed E-state index contributed by atoms with van der Waals surface area (Å²) in [5, 5.41) is 0. The zero-order chi connectivity index (χ0) is 33.1. The van der Waals surface area contributed by atoms with E-state index in [2.05, 4.69) is 6.58 Å². The molecule has 1 aliphatic heterocycles. The fraction of sp³-hybridized carbons (Fsp3) is 0.656. The Morgan fingerprint density at radius 3 is 1.11 bits per heavy atom. The van der Waals surface area contributed by atoms with Crippen LogP contribution in [0.2, 0.25) is 0 Å². The third-order valence-corrected chi connectivity index (χ3v) is 6.12. The summed E-state index contributed by atoms with van der Waals surface area (Å²) >= 11 is 0. The van der Waals surface area contributed by atoms with Gasteiger partial charge >= 0.3 is 5.97 Å². The molecule has 14 nitrogen and oxygen atoms in total. The number of nitrogens with zero attached hydrogens (tertiary/aromatic N) is 1. The Labute approximate surface area is 271 Å². The van der Waals surface area contributed by atoms with Gasteiger partial charge in [0.1, 0.15) is 6.61 Å². The lowest BCUT2D eigenvalue weighted by molar-refractivity contribution is -0.140. The van der Waals surface area contributed by atoms with Crippen LogP contribution in [-0.4, -0.2) is 155 Å². The Kier molecular flexibility index (Phi) is 22.5. The normalized spacial score (nSPS) is 12.6. The van der Waals surface area contributed by atoms with E-state index < -0.39 is 5.97 Å². The molecule has 260 valence electrons. The standard InChI is InChI=1S/C32H49NO13/c1-27(2)32(36)46-26-25-45-24-23-44-22-21-43-20-19-42-18-17-41-16-15-40-14-13-39-12-11-38-10-9-37-8-7-33-30(34)28-5-3-4-6-29(28)31(33)35/h3-6H,1,7-26H2,2H3. The van der Waals surface area contributed by atoms with Crippen LogP contribution >= 0.6 is 0 Å². The van der Waals surface area contributed by atoms with Gasteiger partial charge in [0.25, 0.3) is 11.8 Å². The second kappa shape index (κ2) is 26.3. The van der Waals surface area contributed by atoms with E-state index in [-0.39, 0.29) is 31.6 Å². The zero-order valence-electron chi connectivity index (χ0n) is 26.9. The predicted octanol–water partition coefficient (Wildman–Crippen LogP) is 1.55. The average Bonchev–Trinajstić information content (AvgIpc) is 3.30. The first kappa shape index (κ1) is 39.4. The molecule has 14 heteroatoms. The van der Waals surface area contributed by atoms with Crippen LogP contribution in [0.25, 0.3) is 0 Å². The Balaban J connectivity index is 1.19. The van der Waals surface area contributed by atoms with Gasteiger partial charge in [-0.3, -0.25) is 14.5 Å². The summed E-state index contributed by atoms with van der Waals surface area (Å²) in [5.41, 5.74) is 1.24.